The first-order valence-corrected chi connectivity index (χ1v) is 8.48. The van der Waals surface area contributed by atoms with Gasteiger partial charge in [0, 0.05) is 0 Å². The molecule has 0 aliphatic rings. The molecule has 0 saturated heterocycles. The van der Waals surface area contributed by atoms with Crippen molar-refractivity contribution in [2.24, 2.45) is 11.7 Å². The summed E-state index contributed by atoms with van der Waals surface area (Å²) < 4.78 is 27.7. The molecule has 21 heavy (non-hydrogen) atoms. The number of sulfonamides is 1. The Morgan fingerprint density at radius 2 is 1.71 bits per heavy atom. The Morgan fingerprint density at radius 3 is 2.10 bits per heavy atom. The smallest absolute Gasteiger partial charge is 0.241 e. The molecule has 0 heterocycles. The van der Waals surface area contributed by atoms with E-state index >= 15 is 0 Å². The highest BCUT2D eigenvalue weighted by Gasteiger charge is 2.29. The first kappa shape index (κ1) is 17.7. The number of carbonyl (C=O) groups is 1. The lowest BCUT2D eigenvalue weighted by Gasteiger charge is -2.22. The van der Waals surface area contributed by atoms with Gasteiger partial charge in [-0.2, -0.15) is 4.72 Å². The Bertz CT molecular complexity index is 615. The summed E-state index contributed by atoms with van der Waals surface area (Å²) in [6.07, 6.45) is 0.655. The number of hydrogen-bond donors (Lipinski definition) is 2. The van der Waals surface area contributed by atoms with Gasteiger partial charge in [0.2, 0.25) is 15.9 Å². The zero-order chi connectivity index (χ0) is 16.4. The van der Waals surface area contributed by atoms with Crippen LogP contribution in [-0.4, -0.2) is 20.4 Å². The number of rotatable bonds is 6. The Hall–Kier alpha value is -1.40. The van der Waals surface area contributed by atoms with Crippen LogP contribution in [0.5, 0.6) is 0 Å². The summed E-state index contributed by atoms with van der Waals surface area (Å²) in [5.41, 5.74) is 7.65. The molecule has 0 aromatic heterocycles. The Balaban J connectivity index is 3.26. The van der Waals surface area contributed by atoms with Crippen molar-refractivity contribution in [3.8, 4) is 0 Å². The minimum atomic E-state index is -3.79. The largest absolute Gasteiger partial charge is 0.368 e. The number of aryl methyl sites for hydroxylation is 3. The number of nitrogens with two attached hydrogens (primary N) is 1. The fourth-order valence-corrected chi connectivity index (χ4v) is 4.27. The molecule has 5 nitrogen and oxygen atoms in total. The number of amides is 1. The van der Waals surface area contributed by atoms with E-state index in [-0.39, 0.29) is 10.8 Å². The maximum absolute atomic E-state index is 12.6. The van der Waals surface area contributed by atoms with E-state index in [0.29, 0.717) is 17.5 Å². The number of carbonyl (C=O) groups excluding carboxylic acids is 1. The van der Waals surface area contributed by atoms with Crippen LogP contribution < -0.4 is 10.5 Å². The van der Waals surface area contributed by atoms with Gasteiger partial charge in [0.15, 0.2) is 0 Å². The van der Waals surface area contributed by atoms with Crippen LogP contribution in [0.2, 0.25) is 0 Å². The van der Waals surface area contributed by atoms with Gasteiger partial charge in [-0.15, -0.1) is 0 Å². The molecule has 0 saturated carbocycles. The second-order valence-electron chi connectivity index (χ2n) is 5.61. The minimum Gasteiger partial charge on any atom is -0.368 e. The molecule has 6 heteroatoms. The quantitative estimate of drug-likeness (QED) is 0.839. The SMILES string of the molecule is CCC(C)C(NS(=O)(=O)c1c(C)cc(C)cc1C)C(N)=O. The number of primary amides is 1. The van der Waals surface area contributed by atoms with Crippen LogP contribution >= 0.6 is 0 Å². The summed E-state index contributed by atoms with van der Waals surface area (Å²) in [4.78, 5) is 11.8. The van der Waals surface area contributed by atoms with E-state index in [1.165, 1.54) is 0 Å². The molecule has 118 valence electrons. The molecule has 1 amide bonds. The molecule has 2 atom stereocenters. The first-order chi connectivity index (χ1) is 9.60. The average molecular weight is 312 g/mol. The Kier molecular flexibility index (Phi) is 5.53. The van der Waals surface area contributed by atoms with Crippen molar-refractivity contribution in [2.45, 2.75) is 52.0 Å². The maximum Gasteiger partial charge on any atom is 0.241 e. The molecule has 0 radical (unpaired) electrons. The van der Waals surface area contributed by atoms with Gasteiger partial charge < -0.3 is 5.73 Å². The topological polar surface area (TPSA) is 89.3 Å². The molecule has 1 rings (SSSR count). The second-order valence-corrected chi connectivity index (χ2v) is 7.27. The van der Waals surface area contributed by atoms with Crippen LogP contribution in [0.1, 0.15) is 37.0 Å². The fourth-order valence-electron chi connectivity index (χ4n) is 2.51. The highest BCUT2D eigenvalue weighted by molar-refractivity contribution is 7.89. The Labute approximate surface area is 127 Å². The van der Waals surface area contributed by atoms with E-state index in [4.69, 9.17) is 5.73 Å². The van der Waals surface area contributed by atoms with Crippen LogP contribution in [0.4, 0.5) is 0 Å². The first-order valence-electron chi connectivity index (χ1n) is 6.99. The minimum absolute atomic E-state index is 0.164. The van der Waals surface area contributed by atoms with Crippen molar-refractivity contribution >= 4 is 15.9 Å². The van der Waals surface area contributed by atoms with E-state index < -0.39 is 22.0 Å². The molecule has 0 bridgehead atoms. The van der Waals surface area contributed by atoms with Crippen LogP contribution in [0.25, 0.3) is 0 Å². The highest BCUT2D eigenvalue weighted by atomic mass is 32.2. The average Bonchev–Trinajstić information content (AvgIpc) is 2.33. The molecule has 0 fully saturated rings. The van der Waals surface area contributed by atoms with Crippen molar-refractivity contribution in [1.82, 2.24) is 4.72 Å². The zero-order valence-corrected chi connectivity index (χ0v) is 14.0. The van der Waals surface area contributed by atoms with Crippen molar-refractivity contribution in [3.63, 3.8) is 0 Å². The van der Waals surface area contributed by atoms with Gasteiger partial charge in [-0.1, -0.05) is 38.0 Å². The summed E-state index contributed by atoms with van der Waals surface area (Å²) in [6, 6.07) is 2.72. The van der Waals surface area contributed by atoms with Gasteiger partial charge in [-0.25, -0.2) is 8.42 Å². The Morgan fingerprint density at radius 1 is 1.24 bits per heavy atom. The number of benzene rings is 1. The van der Waals surface area contributed by atoms with Gasteiger partial charge in [0.25, 0.3) is 0 Å². The summed E-state index contributed by atoms with van der Waals surface area (Å²) in [5.74, 6) is -0.821. The van der Waals surface area contributed by atoms with Gasteiger partial charge >= 0.3 is 0 Å². The van der Waals surface area contributed by atoms with Crippen LogP contribution in [0, 0.1) is 26.7 Å². The summed E-state index contributed by atoms with van der Waals surface area (Å²) in [5, 5.41) is 0. The van der Waals surface area contributed by atoms with E-state index in [1.54, 1.807) is 20.8 Å². The second kappa shape index (κ2) is 6.58. The van der Waals surface area contributed by atoms with Gasteiger partial charge in [0.1, 0.15) is 6.04 Å². The molecular weight excluding hydrogens is 288 g/mol. The molecule has 0 spiro atoms. The van der Waals surface area contributed by atoms with Crippen LogP contribution in [0.15, 0.2) is 17.0 Å². The molecule has 1 aromatic carbocycles. The lowest BCUT2D eigenvalue weighted by molar-refractivity contribution is -0.120. The van der Waals surface area contributed by atoms with Crippen LogP contribution in [0.3, 0.4) is 0 Å². The van der Waals surface area contributed by atoms with Crippen molar-refractivity contribution in [1.29, 1.82) is 0 Å². The predicted octanol–water partition coefficient (Wildman–Crippen LogP) is 1.79. The van der Waals surface area contributed by atoms with E-state index in [1.807, 2.05) is 26.0 Å². The molecule has 0 aliphatic heterocycles. The lowest BCUT2D eigenvalue weighted by atomic mass is 10.00. The highest BCUT2D eigenvalue weighted by Crippen LogP contribution is 2.22. The third kappa shape index (κ3) is 4.04. The third-order valence-electron chi connectivity index (χ3n) is 3.68. The normalized spacial score (nSPS) is 14.7. The predicted molar refractivity (Wildman–Crippen MR) is 83.4 cm³/mol. The molecule has 0 aliphatic carbocycles. The van der Waals surface area contributed by atoms with Crippen molar-refractivity contribution in [2.75, 3.05) is 0 Å². The lowest BCUT2D eigenvalue weighted by Crippen LogP contribution is -2.48. The molecule has 1 aromatic rings. The number of hydrogen-bond acceptors (Lipinski definition) is 3. The summed E-state index contributed by atoms with van der Waals surface area (Å²) in [7, 11) is -3.79. The van der Waals surface area contributed by atoms with Gasteiger partial charge in [-0.05, 0) is 37.8 Å². The number of nitrogens with one attached hydrogen (secondary N) is 1. The van der Waals surface area contributed by atoms with Crippen molar-refractivity contribution in [3.05, 3.63) is 28.8 Å². The van der Waals surface area contributed by atoms with Crippen LogP contribution in [-0.2, 0) is 14.8 Å². The standard InChI is InChI=1S/C15H24N2O3S/c1-6-10(3)13(15(16)18)17-21(19,20)14-11(4)7-9(2)8-12(14)5/h7-8,10,13,17H,6H2,1-5H3,(H2,16,18). The molecular formula is C15H24N2O3S. The van der Waals surface area contributed by atoms with Gasteiger partial charge in [0.05, 0.1) is 4.90 Å². The molecule has 2 unspecified atom stereocenters. The van der Waals surface area contributed by atoms with E-state index in [9.17, 15) is 13.2 Å². The fraction of sp³-hybridized carbons (Fsp3) is 0.533. The third-order valence-corrected chi connectivity index (χ3v) is 5.42. The monoisotopic (exact) mass is 312 g/mol. The maximum atomic E-state index is 12.6. The van der Waals surface area contributed by atoms with Gasteiger partial charge in [-0.3, -0.25) is 4.79 Å². The summed E-state index contributed by atoms with van der Waals surface area (Å²) in [6.45, 7) is 9.09. The van der Waals surface area contributed by atoms with E-state index in [2.05, 4.69) is 4.72 Å². The molecule has 3 N–H and O–H groups in total. The summed E-state index contributed by atoms with van der Waals surface area (Å²) >= 11 is 0. The van der Waals surface area contributed by atoms with E-state index in [0.717, 1.165) is 5.56 Å². The van der Waals surface area contributed by atoms with Crippen molar-refractivity contribution < 1.29 is 13.2 Å². The zero-order valence-electron chi connectivity index (χ0n) is 13.2.